The van der Waals surface area contributed by atoms with Gasteiger partial charge in [0.25, 0.3) is 0 Å². The third-order valence-corrected chi connectivity index (χ3v) is 5.24. The topological polar surface area (TPSA) is 17.1 Å². The van der Waals surface area contributed by atoms with Gasteiger partial charge in [-0.05, 0) is 31.8 Å². The summed E-state index contributed by atoms with van der Waals surface area (Å²) in [6, 6.07) is 0. The average molecular weight is 254 g/mol. The molecule has 17 heavy (non-hydrogen) atoms. The second-order valence-electron chi connectivity index (χ2n) is 5.37. The van der Waals surface area contributed by atoms with Gasteiger partial charge in [-0.25, -0.2) is 0 Å². The highest BCUT2D eigenvalue weighted by Crippen LogP contribution is 2.48. The van der Waals surface area contributed by atoms with Crippen molar-refractivity contribution >= 4 is 16.9 Å². The molecule has 1 fully saturated rings. The van der Waals surface area contributed by atoms with Gasteiger partial charge in [-0.2, -0.15) is 0 Å². The fourth-order valence-corrected chi connectivity index (χ4v) is 3.62. The number of unbranched alkanes of at least 4 members (excludes halogenated alkanes) is 4. The minimum absolute atomic E-state index is 0.207. The molecule has 1 nitrogen and oxygen atoms in total. The van der Waals surface area contributed by atoms with Crippen molar-refractivity contribution < 1.29 is 4.79 Å². The predicted octanol–water partition coefficient (Wildman–Crippen LogP) is 5.11. The van der Waals surface area contributed by atoms with Crippen molar-refractivity contribution in [2.45, 2.75) is 76.4 Å². The SMILES string of the molecule is C=C(C)C(=O)SC1(CCCCCCC)CCC1. The molecule has 1 aliphatic carbocycles. The third kappa shape index (κ3) is 4.87. The van der Waals surface area contributed by atoms with E-state index in [1.165, 1.54) is 57.8 Å². The van der Waals surface area contributed by atoms with Gasteiger partial charge in [0.15, 0.2) is 0 Å². The molecular weight excluding hydrogens is 228 g/mol. The first kappa shape index (κ1) is 14.8. The average Bonchev–Trinajstić information content (AvgIpc) is 2.24. The molecule has 0 heterocycles. The monoisotopic (exact) mass is 254 g/mol. The van der Waals surface area contributed by atoms with Gasteiger partial charge in [0.2, 0.25) is 5.12 Å². The van der Waals surface area contributed by atoms with Crippen LogP contribution in [0.4, 0.5) is 0 Å². The zero-order valence-electron chi connectivity index (χ0n) is 11.4. The van der Waals surface area contributed by atoms with E-state index >= 15 is 0 Å². The van der Waals surface area contributed by atoms with Crippen molar-refractivity contribution in [3.8, 4) is 0 Å². The van der Waals surface area contributed by atoms with Gasteiger partial charge in [-0.3, -0.25) is 4.79 Å². The lowest BCUT2D eigenvalue weighted by molar-refractivity contribution is -0.107. The molecule has 0 aromatic heterocycles. The molecule has 0 amide bonds. The molecule has 0 N–H and O–H groups in total. The fraction of sp³-hybridized carbons (Fsp3) is 0.800. The van der Waals surface area contributed by atoms with Gasteiger partial charge in [-0.1, -0.05) is 63.8 Å². The van der Waals surface area contributed by atoms with Gasteiger partial charge in [0, 0.05) is 4.75 Å². The lowest BCUT2D eigenvalue weighted by Gasteiger charge is -2.40. The van der Waals surface area contributed by atoms with Crippen LogP contribution in [0.1, 0.15) is 71.6 Å². The van der Waals surface area contributed by atoms with Crippen LogP contribution in [-0.4, -0.2) is 9.86 Å². The highest BCUT2D eigenvalue weighted by atomic mass is 32.2. The third-order valence-electron chi connectivity index (χ3n) is 3.66. The van der Waals surface area contributed by atoms with E-state index in [2.05, 4.69) is 13.5 Å². The Hall–Kier alpha value is -0.240. The summed E-state index contributed by atoms with van der Waals surface area (Å²) in [6.07, 6.45) is 11.6. The second-order valence-corrected chi connectivity index (χ2v) is 6.81. The van der Waals surface area contributed by atoms with Gasteiger partial charge >= 0.3 is 0 Å². The summed E-state index contributed by atoms with van der Waals surface area (Å²) in [5, 5.41) is 0.207. The summed E-state index contributed by atoms with van der Waals surface area (Å²) >= 11 is 1.57. The molecule has 1 aliphatic rings. The van der Waals surface area contributed by atoms with Crippen molar-refractivity contribution in [3.63, 3.8) is 0 Å². The molecule has 0 aromatic carbocycles. The van der Waals surface area contributed by atoms with E-state index in [0.29, 0.717) is 5.57 Å². The molecule has 0 aliphatic heterocycles. The predicted molar refractivity (Wildman–Crippen MR) is 77.4 cm³/mol. The highest BCUT2D eigenvalue weighted by molar-refractivity contribution is 8.15. The summed E-state index contributed by atoms with van der Waals surface area (Å²) in [5.74, 6) is 0. The van der Waals surface area contributed by atoms with Crippen LogP contribution in [0, 0.1) is 0 Å². The Kier molecular flexibility index (Phi) is 6.32. The largest absolute Gasteiger partial charge is 0.282 e. The minimum Gasteiger partial charge on any atom is -0.282 e. The van der Waals surface area contributed by atoms with Crippen molar-refractivity contribution in [3.05, 3.63) is 12.2 Å². The molecule has 1 saturated carbocycles. The molecule has 0 bridgehead atoms. The number of thioether (sulfide) groups is 1. The first-order valence-electron chi connectivity index (χ1n) is 6.98. The van der Waals surface area contributed by atoms with E-state index in [0.717, 1.165) is 0 Å². The molecule has 0 unspecified atom stereocenters. The van der Waals surface area contributed by atoms with Crippen molar-refractivity contribution in [1.29, 1.82) is 0 Å². The molecule has 2 heteroatoms. The zero-order chi connectivity index (χ0) is 12.7. The standard InChI is InChI=1S/C15H26OS/c1-4-5-6-7-8-10-15(11-9-12-15)17-14(16)13(2)3/h2,4-12H2,1,3H3. The summed E-state index contributed by atoms with van der Waals surface area (Å²) in [4.78, 5) is 11.7. The molecule has 98 valence electrons. The van der Waals surface area contributed by atoms with E-state index < -0.39 is 0 Å². The van der Waals surface area contributed by atoms with Crippen LogP contribution >= 0.6 is 11.8 Å². The number of carbonyl (C=O) groups excluding carboxylic acids is 1. The first-order valence-corrected chi connectivity index (χ1v) is 7.80. The molecular formula is C15H26OS. The van der Waals surface area contributed by atoms with Crippen molar-refractivity contribution in [2.24, 2.45) is 0 Å². The van der Waals surface area contributed by atoms with Crippen molar-refractivity contribution in [2.75, 3.05) is 0 Å². The Balaban J connectivity index is 2.26. The Morgan fingerprint density at radius 3 is 2.35 bits per heavy atom. The molecule has 1 rings (SSSR count). The molecule has 0 saturated heterocycles. The second kappa shape index (κ2) is 7.25. The summed E-state index contributed by atoms with van der Waals surface area (Å²) in [7, 11) is 0. The lowest BCUT2D eigenvalue weighted by Crippen LogP contribution is -2.34. The van der Waals surface area contributed by atoms with E-state index in [-0.39, 0.29) is 9.86 Å². The van der Waals surface area contributed by atoms with Gasteiger partial charge < -0.3 is 0 Å². The number of hydrogen-bond acceptors (Lipinski definition) is 2. The van der Waals surface area contributed by atoms with Gasteiger partial charge in [0.1, 0.15) is 0 Å². The van der Waals surface area contributed by atoms with Crippen LogP contribution in [0.5, 0.6) is 0 Å². The normalized spacial score (nSPS) is 17.5. The molecule has 0 radical (unpaired) electrons. The maximum Gasteiger partial charge on any atom is 0.214 e. The van der Waals surface area contributed by atoms with Crippen LogP contribution in [-0.2, 0) is 4.79 Å². The Morgan fingerprint density at radius 1 is 1.24 bits per heavy atom. The molecule has 0 atom stereocenters. The maximum absolute atomic E-state index is 11.7. The van der Waals surface area contributed by atoms with Gasteiger partial charge in [0.05, 0.1) is 0 Å². The highest BCUT2D eigenvalue weighted by Gasteiger charge is 2.39. The first-order chi connectivity index (χ1) is 8.09. The van der Waals surface area contributed by atoms with Gasteiger partial charge in [-0.15, -0.1) is 0 Å². The minimum atomic E-state index is 0.207. The lowest BCUT2D eigenvalue weighted by atomic mass is 9.80. The number of rotatable bonds is 8. The fourth-order valence-electron chi connectivity index (χ4n) is 2.31. The van der Waals surface area contributed by atoms with E-state index in [1.54, 1.807) is 11.8 Å². The summed E-state index contributed by atoms with van der Waals surface area (Å²) in [5.41, 5.74) is 0.701. The Bertz CT molecular complexity index is 266. The quantitative estimate of drug-likeness (QED) is 0.442. The zero-order valence-corrected chi connectivity index (χ0v) is 12.2. The number of carbonyl (C=O) groups is 1. The van der Waals surface area contributed by atoms with E-state index in [9.17, 15) is 4.79 Å². The summed E-state index contributed by atoms with van der Waals surface area (Å²) < 4.78 is 0.280. The smallest absolute Gasteiger partial charge is 0.214 e. The van der Waals surface area contributed by atoms with Crippen LogP contribution in [0.3, 0.4) is 0 Å². The summed E-state index contributed by atoms with van der Waals surface area (Å²) in [6.45, 7) is 7.82. The Morgan fingerprint density at radius 2 is 1.88 bits per heavy atom. The molecule has 0 spiro atoms. The number of hydrogen-bond donors (Lipinski definition) is 0. The van der Waals surface area contributed by atoms with Crippen LogP contribution in [0.2, 0.25) is 0 Å². The Labute approximate surface area is 110 Å². The molecule has 0 aromatic rings. The van der Waals surface area contributed by atoms with Crippen molar-refractivity contribution in [1.82, 2.24) is 0 Å². The van der Waals surface area contributed by atoms with Crippen LogP contribution in [0.15, 0.2) is 12.2 Å². The maximum atomic E-state index is 11.7. The van der Waals surface area contributed by atoms with E-state index in [1.807, 2.05) is 6.92 Å². The van der Waals surface area contributed by atoms with Crippen LogP contribution in [0.25, 0.3) is 0 Å². The van der Waals surface area contributed by atoms with E-state index in [4.69, 9.17) is 0 Å². The van der Waals surface area contributed by atoms with Crippen LogP contribution < -0.4 is 0 Å².